The Morgan fingerprint density at radius 2 is 2.14 bits per heavy atom. The maximum absolute atomic E-state index is 11.7. The number of hydrogen-bond donors (Lipinski definition) is 1. The number of benzene rings is 1. The first-order valence-electron chi connectivity index (χ1n) is 6.05. The van der Waals surface area contributed by atoms with E-state index < -0.39 is 18.5 Å². The third-order valence-corrected chi connectivity index (χ3v) is 3.16. The Bertz CT molecular complexity index is 662. The van der Waals surface area contributed by atoms with Crippen LogP contribution >= 0.6 is 15.9 Å². The third kappa shape index (κ3) is 4.35. The van der Waals surface area contributed by atoms with E-state index in [2.05, 4.69) is 31.2 Å². The van der Waals surface area contributed by atoms with E-state index in [1.807, 2.05) is 19.1 Å². The SMILES string of the molecule is Cc1ccc(NC(=O)COC(=O)c2cnccn2)c(Br)c1. The Kier molecular flexibility index (Phi) is 4.99. The van der Waals surface area contributed by atoms with Gasteiger partial charge in [0.05, 0.1) is 11.9 Å². The number of hydrogen-bond acceptors (Lipinski definition) is 5. The number of amides is 1. The second kappa shape index (κ2) is 6.94. The number of anilines is 1. The van der Waals surface area contributed by atoms with Crippen molar-refractivity contribution in [3.05, 3.63) is 52.5 Å². The molecule has 108 valence electrons. The molecule has 1 N–H and O–H groups in total. The molecule has 0 saturated carbocycles. The second-order valence-electron chi connectivity index (χ2n) is 4.20. The van der Waals surface area contributed by atoms with E-state index >= 15 is 0 Å². The lowest BCUT2D eigenvalue weighted by Crippen LogP contribution is -2.21. The lowest BCUT2D eigenvalue weighted by atomic mass is 10.2. The summed E-state index contributed by atoms with van der Waals surface area (Å²) in [5, 5.41) is 2.65. The van der Waals surface area contributed by atoms with E-state index in [1.165, 1.54) is 18.6 Å². The number of carbonyl (C=O) groups is 2. The fraction of sp³-hybridized carbons (Fsp3) is 0.143. The summed E-state index contributed by atoms with van der Waals surface area (Å²) in [5.74, 6) is -1.13. The van der Waals surface area contributed by atoms with Crippen molar-refractivity contribution >= 4 is 33.5 Å². The summed E-state index contributed by atoms with van der Waals surface area (Å²) >= 11 is 3.35. The Labute approximate surface area is 129 Å². The molecule has 0 aliphatic heterocycles. The third-order valence-electron chi connectivity index (χ3n) is 2.51. The number of aryl methyl sites for hydroxylation is 1. The minimum atomic E-state index is -0.693. The predicted octanol–water partition coefficient (Wildman–Crippen LogP) is 2.34. The largest absolute Gasteiger partial charge is 0.451 e. The molecule has 0 saturated heterocycles. The minimum Gasteiger partial charge on any atom is -0.451 e. The standard InChI is InChI=1S/C14H12BrN3O3/c1-9-2-3-11(10(15)6-9)18-13(19)8-21-14(20)12-7-16-4-5-17-12/h2-7H,8H2,1H3,(H,18,19). The van der Waals surface area contributed by atoms with Gasteiger partial charge in [0.2, 0.25) is 0 Å². The van der Waals surface area contributed by atoms with Crippen LogP contribution in [0.3, 0.4) is 0 Å². The first-order chi connectivity index (χ1) is 10.1. The molecule has 7 heteroatoms. The number of nitrogens with zero attached hydrogens (tertiary/aromatic N) is 2. The van der Waals surface area contributed by atoms with Gasteiger partial charge in [-0.3, -0.25) is 9.78 Å². The van der Waals surface area contributed by atoms with Gasteiger partial charge >= 0.3 is 5.97 Å². The molecule has 0 bridgehead atoms. The average Bonchev–Trinajstić information content (AvgIpc) is 2.48. The maximum Gasteiger partial charge on any atom is 0.359 e. The molecular weight excluding hydrogens is 338 g/mol. The molecular formula is C14H12BrN3O3. The molecule has 1 aromatic carbocycles. The summed E-state index contributed by atoms with van der Waals surface area (Å²) in [4.78, 5) is 30.9. The van der Waals surface area contributed by atoms with Gasteiger partial charge in [-0.25, -0.2) is 9.78 Å². The van der Waals surface area contributed by atoms with Crippen LogP contribution in [0.1, 0.15) is 16.1 Å². The molecule has 0 fully saturated rings. The minimum absolute atomic E-state index is 0.0572. The molecule has 0 atom stereocenters. The van der Waals surface area contributed by atoms with Gasteiger partial charge in [-0.2, -0.15) is 0 Å². The topological polar surface area (TPSA) is 81.2 Å². The van der Waals surface area contributed by atoms with Crippen molar-refractivity contribution in [1.29, 1.82) is 0 Å². The van der Waals surface area contributed by atoms with Gasteiger partial charge in [-0.05, 0) is 40.5 Å². The second-order valence-corrected chi connectivity index (χ2v) is 5.05. The van der Waals surface area contributed by atoms with Gasteiger partial charge < -0.3 is 10.1 Å². The number of rotatable bonds is 4. The molecule has 21 heavy (non-hydrogen) atoms. The summed E-state index contributed by atoms with van der Waals surface area (Å²) in [6, 6.07) is 5.51. The van der Waals surface area contributed by atoms with Crippen LogP contribution in [0.4, 0.5) is 5.69 Å². The number of ether oxygens (including phenoxy) is 1. The average molecular weight is 350 g/mol. The van der Waals surface area contributed by atoms with Gasteiger partial charge in [-0.1, -0.05) is 6.07 Å². The highest BCUT2D eigenvalue weighted by molar-refractivity contribution is 9.10. The van der Waals surface area contributed by atoms with Gasteiger partial charge in [-0.15, -0.1) is 0 Å². The zero-order valence-electron chi connectivity index (χ0n) is 11.2. The molecule has 2 aromatic rings. The molecule has 1 heterocycles. The van der Waals surface area contributed by atoms with Crippen molar-refractivity contribution in [3.63, 3.8) is 0 Å². The molecule has 0 aliphatic carbocycles. The Hall–Kier alpha value is -2.28. The summed E-state index contributed by atoms with van der Waals surface area (Å²) in [7, 11) is 0. The van der Waals surface area contributed by atoms with Crippen molar-refractivity contribution in [3.8, 4) is 0 Å². The highest BCUT2D eigenvalue weighted by atomic mass is 79.9. The number of halogens is 1. The van der Waals surface area contributed by atoms with Crippen molar-refractivity contribution in [2.75, 3.05) is 11.9 Å². The van der Waals surface area contributed by atoms with E-state index in [9.17, 15) is 9.59 Å². The van der Waals surface area contributed by atoms with Gasteiger partial charge in [0.25, 0.3) is 5.91 Å². The summed E-state index contributed by atoms with van der Waals surface area (Å²) in [6.45, 7) is 1.55. The molecule has 2 rings (SSSR count). The number of esters is 1. The van der Waals surface area contributed by atoms with E-state index in [4.69, 9.17) is 4.74 Å². The van der Waals surface area contributed by atoms with Crippen molar-refractivity contribution in [2.45, 2.75) is 6.92 Å². The normalized spacial score (nSPS) is 10.0. The van der Waals surface area contributed by atoms with Crippen LogP contribution in [0.5, 0.6) is 0 Å². The summed E-state index contributed by atoms with van der Waals surface area (Å²) in [6.07, 6.45) is 4.09. The highest BCUT2D eigenvalue weighted by Crippen LogP contribution is 2.23. The Balaban J connectivity index is 1.89. The number of nitrogens with one attached hydrogen (secondary N) is 1. The molecule has 6 nitrogen and oxygen atoms in total. The maximum atomic E-state index is 11.7. The van der Waals surface area contributed by atoms with Crippen molar-refractivity contribution < 1.29 is 14.3 Å². The zero-order valence-corrected chi connectivity index (χ0v) is 12.8. The van der Waals surface area contributed by atoms with Crippen LogP contribution in [0.25, 0.3) is 0 Å². The predicted molar refractivity (Wildman–Crippen MR) is 79.8 cm³/mol. The van der Waals surface area contributed by atoms with Crippen LogP contribution in [0.15, 0.2) is 41.3 Å². The Morgan fingerprint density at radius 3 is 2.81 bits per heavy atom. The van der Waals surface area contributed by atoms with E-state index in [-0.39, 0.29) is 5.69 Å². The van der Waals surface area contributed by atoms with E-state index in [1.54, 1.807) is 6.07 Å². The smallest absolute Gasteiger partial charge is 0.359 e. The van der Waals surface area contributed by atoms with Gasteiger partial charge in [0.1, 0.15) is 0 Å². The fourth-order valence-electron chi connectivity index (χ4n) is 1.52. The lowest BCUT2D eigenvalue weighted by Gasteiger charge is -2.08. The quantitative estimate of drug-likeness (QED) is 0.856. The van der Waals surface area contributed by atoms with Crippen LogP contribution in [-0.2, 0) is 9.53 Å². The zero-order chi connectivity index (χ0) is 15.2. The van der Waals surface area contributed by atoms with Crippen LogP contribution < -0.4 is 5.32 Å². The van der Waals surface area contributed by atoms with E-state index in [0.717, 1.165) is 10.0 Å². The molecule has 0 spiro atoms. The first-order valence-corrected chi connectivity index (χ1v) is 6.84. The summed E-state index contributed by atoms with van der Waals surface area (Å²) < 4.78 is 5.62. The summed E-state index contributed by atoms with van der Waals surface area (Å²) in [5.41, 5.74) is 1.73. The fourth-order valence-corrected chi connectivity index (χ4v) is 2.11. The van der Waals surface area contributed by atoms with Crippen LogP contribution in [0, 0.1) is 6.92 Å². The monoisotopic (exact) mass is 349 g/mol. The van der Waals surface area contributed by atoms with Crippen molar-refractivity contribution in [1.82, 2.24) is 9.97 Å². The van der Waals surface area contributed by atoms with Crippen LogP contribution in [-0.4, -0.2) is 28.5 Å². The molecule has 0 aliphatic rings. The van der Waals surface area contributed by atoms with Gasteiger partial charge in [0.15, 0.2) is 12.3 Å². The molecule has 0 unspecified atom stereocenters. The van der Waals surface area contributed by atoms with Gasteiger partial charge in [0, 0.05) is 16.9 Å². The molecule has 1 amide bonds. The number of carbonyl (C=O) groups excluding carboxylic acids is 2. The lowest BCUT2D eigenvalue weighted by molar-refractivity contribution is -0.119. The highest BCUT2D eigenvalue weighted by Gasteiger charge is 2.12. The molecule has 0 radical (unpaired) electrons. The Morgan fingerprint density at radius 1 is 1.33 bits per heavy atom. The molecule has 1 aromatic heterocycles. The van der Waals surface area contributed by atoms with Crippen molar-refractivity contribution in [2.24, 2.45) is 0 Å². The number of aromatic nitrogens is 2. The van der Waals surface area contributed by atoms with E-state index in [0.29, 0.717) is 5.69 Å². The van der Waals surface area contributed by atoms with Crippen LogP contribution in [0.2, 0.25) is 0 Å². The first kappa shape index (κ1) is 15.1.